The summed E-state index contributed by atoms with van der Waals surface area (Å²) in [6.07, 6.45) is -4.25. The Morgan fingerprint density at radius 3 is 2.65 bits per heavy atom. The van der Waals surface area contributed by atoms with Crippen molar-refractivity contribution in [2.24, 2.45) is 5.73 Å². The summed E-state index contributed by atoms with van der Waals surface area (Å²) < 4.78 is 36.8. The van der Waals surface area contributed by atoms with E-state index in [4.69, 9.17) is 5.73 Å². The summed E-state index contributed by atoms with van der Waals surface area (Å²) in [7, 11) is 0. The zero-order valence-corrected chi connectivity index (χ0v) is 11.0. The lowest BCUT2D eigenvalue weighted by Crippen LogP contribution is -2.35. The topological polar surface area (TPSA) is 50.9 Å². The minimum atomic E-state index is -4.25. The molecule has 2 rings (SSSR count). The van der Waals surface area contributed by atoms with E-state index in [1.54, 1.807) is 12.1 Å². The largest absolute Gasteiger partial charge is 0.401 e. The quantitative estimate of drug-likeness (QED) is 0.907. The van der Waals surface area contributed by atoms with Gasteiger partial charge in [0.1, 0.15) is 0 Å². The predicted molar refractivity (Wildman–Crippen MR) is 72.3 cm³/mol. The molecular weight excluding hydrogens is 267 g/mol. The van der Waals surface area contributed by atoms with Gasteiger partial charge in [0.15, 0.2) is 0 Å². The highest BCUT2D eigenvalue weighted by molar-refractivity contribution is 5.79. The molecule has 0 amide bonds. The van der Waals surface area contributed by atoms with E-state index >= 15 is 0 Å². The van der Waals surface area contributed by atoms with Gasteiger partial charge in [-0.05, 0) is 30.7 Å². The smallest absolute Gasteiger partial charge is 0.329 e. The third kappa shape index (κ3) is 3.68. The summed E-state index contributed by atoms with van der Waals surface area (Å²) in [5.41, 5.74) is 8.01. The number of rotatable bonds is 4. The number of hydrogen-bond acceptors (Lipinski definition) is 3. The molecule has 0 saturated carbocycles. The zero-order chi connectivity index (χ0) is 14.8. The van der Waals surface area contributed by atoms with Crippen LogP contribution >= 0.6 is 0 Å². The Bertz CT molecular complexity index is 596. The number of benzene rings is 1. The van der Waals surface area contributed by atoms with Crippen molar-refractivity contribution in [3.05, 3.63) is 41.6 Å². The molecule has 0 radical (unpaired) electrons. The van der Waals surface area contributed by atoms with Crippen LogP contribution in [0.5, 0.6) is 0 Å². The van der Waals surface area contributed by atoms with Crippen molar-refractivity contribution in [3.63, 3.8) is 0 Å². The number of pyridine rings is 1. The van der Waals surface area contributed by atoms with Crippen LogP contribution in [0.1, 0.15) is 17.3 Å². The van der Waals surface area contributed by atoms with Crippen molar-refractivity contribution in [2.75, 3.05) is 13.1 Å². The minimum absolute atomic E-state index is 0.0981. The van der Waals surface area contributed by atoms with E-state index in [0.717, 1.165) is 22.2 Å². The van der Waals surface area contributed by atoms with Gasteiger partial charge in [-0.25, -0.2) is 0 Å². The maximum absolute atomic E-state index is 12.3. The summed E-state index contributed by atoms with van der Waals surface area (Å²) in [4.78, 5) is 4.36. The van der Waals surface area contributed by atoms with Gasteiger partial charge < -0.3 is 11.1 Å². The van der Waals surface area contributed by atoms with Crippen LogP contribution in [-0.2, 0) is 0 Å². The lowest BCUT2D eigenvalue weighted by Gasteiger charge is -2.19. The number of nitrogens with one attached hydrogen (secondary N) is 1. The molecule has 0 aliphatic rings. The molecule has 0 spiro atoms. The lowest BCUT2D eigenvalue weighted by atomic mass is 10.0. The van der Waals surface area contributed by atoms with Gasteiger partial charge in [0.25, 0.3) is 0 Å². The molecule has 3 nitrogen and oxygen atoms in total. The van der Waals surface area contributed by atoms with E-state index in [-0.39, 0.29) is 6.54 Å². The molecule has 1 aromatic carbocycles. The van der Waals surface area contributed by atoms with Crippen LogP contribution in [0.4, 0.5) is 13.2 Å². The van der Waals surface area contributed by atoms with Crippen molar-refractivity contribution in [1.29, 1.82) is 0 Å². The number of nitrogens with two attached hydrogens (primary N) is 1. The Hall–Kier alpha value is -1.66. The Morgan fingerprint density at radius 2 is 2.00 bits per heavy atom. The standard InChI is InChI=1S/C14H16F3N3/c1-9-2-3-10-6-11(4-5-12(10)20-9)13(7-18)19-8-14(15,16)17/h2-6,13,19H,7-8,18H2,1H3. The molecule has 1 aromatic heterocycles. The van der Waals surface area contributed by atoms with Crippen molar-refractivity contribution < 1.29 is 13.2 Å². The molecule has 1 unspecified atom stereocenters. The lowest BCUT2D eigenvalue weighted by molar-refractivity contribution is -0.126. The average Bonchev–Trinajstić information content (AvgIpc) is 2.38. The van der Waals surface area contributed by atoms with Crippen LogP contribution in [0.3, 0.4) is 0 Å². The highest BCUT2D eigenvalue weighted by Gasteiger charge is 2.28. The van der Waals surface area contributed by atoms with E-state index < -0.39 is 18.8 Å². The first-order valence-corrected chi connectivity index (χ1v) is 6.26. The van der Waals surface area contributed by atoms with Crippen molar-refractivity contribution in [2.45, 2.75) is 19.1 Å². The van der Waals surface area contributed by atoms with Crippen molar-refractivity contribution >= 4 is 10.9 Å². The second kappa shape index (κ2) is 5.76. The van der Waals surface area contributed by atoms with Crippen LogP contribution in [0.15, 0.2) is 30.3 Å². The number of hydrogen-bond donors (Lipinski definition) is 2. The summed E-state index contributed by atoms with van der Waals surface area (Å²) >= 11 is 0. The fraction of sp³-hybridized carbons (Fsp3) is 0.357. The molecule has 0 bridgehead atoms. The van der Waals surface area contributed by atoms with Crippen LogP contribution in [0.2, 0.25) is 0 Å². The fourth-order valence-electron chi connectivity index (χ4n) is 2.04. The Labute approximate surface area is 115 Å². The maximum Gasteiger partial charge on any atom is 0.401 e. The van der Waals surface area contributed by atoms with Crippen LogP contribution in [0.25, 0.3) is 10.9 Å². The van der Waals surface area contributed by atoms with Crippen molar-refractivity contribution in [3.8, 4) is 0 Å². The second-order valence-corrected chi connectivity index (χ2v) is 4.69. The number of alkyl halides is 3. The molecule has 0 aliphatic carbocycles. The van der Waals surface area contributed by atoms with Gasteiger partial charge in [0, 0.05) is 23.7 Å². The zero-order valence-electron chi connectivity index (χ0n) is 11.0. The molecule has 0 fully saturated rings. The normalized spacial score (nSPS) is 13.7. The monoisotopic (exact) mass is 283 g/mol. The SMILES string of the molecule is Cc1ccc2cc(C(CN)NCC(F)(F)F)ccc2n1. The number of aryl methyl sites for hydroxylation is 1. The third-order valence-electron chi connectivity index (χ3n) is 3.04. The van der Waals surface area contributed by atoms with E-state index in [9.17, 15) is 13.2 Å². The average molecular weight is 283 g/mol. The third-order valence-corrected chi connectivity index (χ3v) is 3.04. The van der Waals surface area contributed by atoms with Gasteiger partial charge in [0.2, 0.25) is 0 Å². The number of aromatic nitrogens is 1. The Balaban J connectivity index is 2.23. The molecule has 3 N–H and O–H groups in total. The summed E-state index contributed by atoms with van der Waals surface area (Å²) in [5, 5.41) is 3.32. The van der Waals surface area contributed by atoms with Gasteiger partial charge in [-0.1, -0.05) is 12.1 Å². The molecule has 6 heteroatoms. The fourth-order valence-corrected chi connectivity index (χ4v) is 2.04. The highest BCUT2D eigenvalue weighted by atomic mass is 19.4. The first-order chi connectivity index (χ1) is 9.39. The summed E-state index contributed by atoms with van der Waals surface area (Å²) in [5.74, 6) is 0. The van der Waals surface area contributed by atoms with Gasteiger partial charge >= 0.3 is 6.18 Å². The molecule has 20 heavy (non-hydrogen) atoms. The summed E-state index contributed by atoms with van der Waals surface area (Å²) in [6.45, 7) is 0.931. The Kier molecular flexibility index (Phi) is 4.25. The van der Waals surface area contributed by atoms with E-state index in [2.05, 4.69) is 10.3 Å². The van der Waals surface area contributed by atoms with E-state index in [0.29, 0.717) is 0 Å². The van der Waals surface area contributed by atoms with E-state index in [1.807, 2.05) is 25.1 Å². The molecule has 108 valence electrons. The maximum atomic E-state index is 12.3. The predicted octanol–water partition coefficient (Wildman–Crippen LogP) is 2.69. The number of nitrogens with zero attached hydrogens (tertiary/aromatic N) is 1. The number of halogens is 3. The van der Waals surface area contributed by atoms with Crippen LogP contribution in [-0.4, -0.2) is 24.2 Å². The Morgan fingerprint density at radius 1 is 1.25 bits per heavy atom. The van der Waals surface area contributed by atoms with Crippen LogP contribution < -0.4 is 11.1 Å². The summed E-state index contributed by atoms with van der Waals surface area (Å²) in [6, 6.07) is 8.63. The molecule has 0 saturated heterocycles. The molecule has 1 atom stereocenters. The van der Waals surface area contributed by atoms with Crippen molar-refractivity contribution in [1.82, 2.24) is 10.3 Å². The highest BCUT2D eigenvalue weighted by Crippen LogP contribution is 2.21. The first-order valence-electron chi connectivity index (χ1n) is 6.26. The molecule has 1 heterocycles. The molecular formula is C14H16F3N3. The van der Waals surface area contributed by atoms with Gasteiger partial charge in [0.05, 0.1) is 12.1 Å². The first kappa shape index (κ1) is 14.7. The van der Waals surface area contributed by atoms with Gasteiger partial charge in [-0.2, -0.15) is 13.2 Å². The molecule has 2 aromatic rings. The second-order valence-electron chi connectivity index (χ2n) is 4.69. The molecule has 0 aliphatic heterocycles. The van der Waals surface area contributed by atoms with E-state index in [1.165, 1.54) is 0 Å². The van der Waals surface area contributed by atoms with Crippen LogP contribution in [0, 0.1) is 6.92 Å². The number of fused-ring (bicyclic) bond motifs is 1. The minimum Gasteiger partial charge on any atom is -0.329 e. The van der Waals surface area contributed by atoms with Gasteiger partial charge in [-0.3, -0.25) is 4.98 Å². The van der Waals surface area contributed by atoms with Gasteiger partial charge in [-0.15, -0.1) is 0 Å².